The van der Waals surface area contributed by atoms with E-state index < -0.39 is 10.2 Å². The minimum atomic E-state index is -4.94. The van der Waals surface area contributed by atoms with Crippen molar-refractivity contribution >= 4 is 17.3 Å². The van der Waals surface area contributed by atoms with Crippen LogP contribution < -0.4 is 23.2 Å². The Balaban J connectivity index is 0.000000637. The number of halogens is 1. The number of fused-ring (bicyclic) bond motifs is 2. The van der Waals surface area contributed by atoms with Crippen LogP contribution in [0.4, 0.5) is 0 Å². The van der Waals surface area contributed by atoms with E-state index in [1.807, 2.05) is 0 Å². The number of benzene rings is 4. The van der Waals surface area contributed by atoms with Gasteiger partial charge in [-0.05, 0) is 52.1 Å². The van der Waals surface area contributed by atoms with Gasteiger partial charge in [0, 0.05) is 35.2 Å². The molecular weight excluding hydrogens is 572 g/mol. The zero-order valence-electron chi connectivity index (χ0n) is 23.8. The molecule has 7 heteroatoms. The Kier molecular flexibility index (Phi) is 8.52. The lowest BCUT2D eigenvalue weighted by atomic mass is 9.96. The highest BCUT2D eigenvalue weighted by molar-refractivity contribution is 5.89. The van der Waals surface area contributed by atoms with Crippen LogP contribution in [0.1, 0.15) is 16.8 Å². The quantitative estimate of drug-likeness (QED) is 0.295. The highest BCUT2D eigenvalue weighted by Gasteiger charge is 2.29. The van der Waals surface area contributed by atoms with E-state index in [0.29, 0.717) is 0 Å². The van der Waals surface area contributed by atoms with Crippen molar-refractivity contribution in [2.24, 2.45) is 0 Å². The van der Waals surface area contributed by atoms with E-state index in [9.17, 15) is 0 Å². The van der Waals surface area contributed by atoms with Crippen LogP contribution in [0.25, 0.3) is 39.7 Å². The molecule has 0 bridgehead atoms. The molecule has 0 saturated heterocycles. The van der Waals surface area contributed by atoms with Crippen molar-refractivity contribution in [1.82, 2.24) is 4.90 Å². The van der Waals surface area contributed by atoms with Crippen LogP contribution in [0.5, 0.6) is 0 Å². The second kappa shape index (κ2) is 12.8. The van der Waals surface area contributed by atoms with Gasteiger partial charge in [-0.2, -0.15) is 4.57 Å². The van der Waals surface area contributed by atoms with Crippen LogP contribution in [0.15, 0.2) is 151 Å². The molecule has 0 N–H and O–H groups in total. The fraction of sp³-hybridized carbons (Fsp3) is 0.0541. The molecule has 218 valence electrons. The predicted molar refractivity (Wildman–Crippen MR) is 161 cm³/mol. The van der Waals surface area contributed by atoms with Crippen molar-refractivity contribution in [3.63, 3.8) is 0 Å². The molecule has 7 rings (SSSR count). The molecule has 0 radical (unpaired) electrons. The Labute approximate surface area is 258 Å². The van der Waals surface area contributed by atoms with Gasteiger partial charge in [0.1, 0.15) is 0 Å². The molecule has 0 saturated carbocycles. The van der Waals surface area contributed by atoms with Crippen LogP contribution >= 0.6 is 0 Å². The van der Waals surface area contributed by atoms with Gasteiger partial charge >= 0.3 is 0 Å². The van der Waals surface area contributed by atoms with Gasteiger partial charge in [0.15, 0.2) is 6.54 Å². The molecule has 0 unspecified atom stereocenters. The molecule has 2 aliphatic rings. The maximum atomic E-state index is 8.49. The molecule has 0 atom stereocenters. The van der Waals surface area contributed by atoms with Crippen LogP contribution in [-0.4, -0.2) is 11.4 Å². The molecule has 0 spiro atoms. The average Bonchev–Trinajstić information content (AvgIpc) is 3.24. The van der Waals surface area contributed by atoms with Crippen LogP contribution in [0.3, 0.4) is 0 Å². The van der Waals surface area contributed by atoms with Crippen molar-refractivity contribution in [2.75, 3.05) is 6.54 Å². The molecule has 0 amide bonds. The van der Waals surface area contributed by atoms with E-state index in [2.05, 4.69) is 161 Å². The topological polar surface area (TPSA) is 99.4 Å². The van der Waals surface area contributed by atoms with Gasteiger partial charge in [-0.3, -0.25) is 0 Å². The van der Waals surface area contributed by atoms with E-state index in [-0.39, 0.29) is 0 Å². The van der Waals surface area contributed by atoms with Crippen LogP contribution in [0, 0.1) is 10.2 Å². The lowest BCUT2D eigenvalue weighted by Gasteiger charge is -2.30. The first-order chi connectivity index (χ1) is 21.3. The maximum absolute atomic E-state index is 8.49. The first kappa shape index (κ1) is 29.3. The zero-order valence-corrected chi connectivity index (χ0v) is 24.5. The van der Waals surface area contributed by atoms with Gasteiger partial charge in [-0.1, -0.05) is 109 Å². The van der Waals surface area contributed by atoms with E-state index in [0.717, 1.165) is 13.1 Å². The fourth-order valence-corrected chi connectivity index (χ4v) is 5.67. The summed E-state index contributed by atoms with van der Waals surface area (Å²) in [6, 6.07) is 47.6. The number of nitrogens with zero attached hydrogens (tertiary/aromatic N) is 2. The Morgan fingerprint density at radius 2 is 1.02 bits per heavy atom. The van der Waals surface area contributed by atoms with Crippen molar-refractivity contribution in [3.8, 4) is 22.4 Å². The summed E-state index contributed by atoms with van der Waals surface area (Å²) in [6.07, 6.45) is 7.05. The molecule has 5 aromatic rings. The molecule has 1 aromatic heterocycles. The Hall–Kier alpha value is -4.82. The second-order valence-corrected chi connectivity index (χ2v) is 11.2. The highest BCUT2D eigenvalue weighted by Crippen LogP contribution is 2.36. The van der Waals surface area contributed by atoms with Gasteiger partial charge in [0.25, 0.3) is 0 Å². The first-order valence-corrected chi connectivity index (χ1v) is 15.4. The summed E-state index contributed by atoms with van der Waals surface area (Å²) in [5.41, 5.74) is 12.3. The molecule has 6 nitrogen and oxygen atoms in total. The highest BCUT2D eigenvalue weighted by atomic mass is 35.7. The van der Waals surface area contributed by atoms with Crippen molar-refractivity contribution in [1.29, 1.82) is 0 Å². The molecule has 2 aliphatic heterocycles. The summed E-state index contributed by atoms with van der Waals surface area (Å²) in [4.78, 5) is 2.48. The third kappa shape index (κ3) is 6.87. The van der Waals surface area contributed by atoms with Gasteiger partial charge in [-0.15, -0.1) is 10.2 Å². The molecule has 4 aromatic carbocycles. The van der Waals surface area contributed by atoms with Gasteiger partial charge < -0.3 is 4.90 Å². The van der Waals surface area contributed by atoms with E-state index in [1.54, 1.807) is 0 Å². The lowest BCUT2D eigenvalue weighted by molar-refractivity contribution is -2.00. The number of hydrogen-bond acceptors (Lipinski definition) is 5. The molecule has 0 aliphatic carbocycles. The summed E-state index contributed by atoms with van der Waals surface area (Å²) in [6.45, 7) is 1.76. The third-order valence-electron chi connectivity index (χ3n) is 7.59. The summed E-state index contributed by atoms with van der Waals surface area (Å²) in [7, 11) is -4.94. The van der Waals surface area contributed by atoms with Gasteiger partial charge in [0.2, 0.25) is 11.4 Å². The number of pyridine rings is 1. The normalized spacial score (nSPS) is 14.1. The second-order valence-electron chi connectivity index (χ2n) is 10.4. The molecule has 3 heterocycles. The van der Waals surface area contributed by atoms with Gasteiger partial charge in [0.05, 0.1) is 6.54 Å². The maximum Gasteiger partial charge on any atom is 0.213 e. The Morgan fingerprint density at radius 3 is 1.59 bits per heavy atom. The number of rotatable bonds is 4. The molecular formula is C37H29ClN2O4. The molecule has 44 heavy (non-hydrogen) atoms. The summed E-state index contributed by atoms with van der Waals surface area (Å²) < 4.78 is 36.5. The summed E-state index contributed by atoms with van der Waals surface area (Å²) in [5.74, 6) is 0. The Bertz CT molecular complexity index is 1830. The minimum Gasteiger partial charge on any atom is -0.334 e. The first-order valence-electron chi connectivity index (χ1n) is 14.2. The monoisotopic (exact) mass is 600 g/mol. The summed E-state index contributed by atoms with van der Waals surface area (Å²) in [5, 5.41) is 0. The average molecular weight is 601 g/mol. The standard InChI is InChI=1S/C37H29N2.ClHO4/c1-5-13-28(14-6-1)32-23-34-27-35-24-33(29-15-7-2-8-16-29)26-37(31-19-11-4-12-20-31)39(35)22-21-38(34)36(25-32)30-17-9-3-10-18-30;2-1(3,4)5/h1-20,23-27H,21-22H2;(H,2,3,4,5)/q+1;/p-1. The van der Waals surface area contributed by atoms with Crippen LogP contribution in [0.2, 0.25) is 0 Å². The smallest absolute Gasteiger partial charge is 0.213 e. The summed E-state index contributed by atoms with van der Waals surface area (Å²) >= 11 is 0. The lowest BCUT2D eigenvalue weighted by Crippen LogP contribution is -2.68. The minimum absolute atomic E-state index is 0.882. The fourth-order valence-electron chi connectivity index (χ4n) is 5.67. The Morgan fingerprint density at radius 1 is 0.523 bits per heavy atom. The molecule has 0 fully saturated rings. The van der Waals surface area contributed by atoms with Crippen molar-refractivity contribution in [2.45, 2.75) is 6.54 Å². The van der Waals surface area contributed by atoms with E-state index in [1.165, 1.54) is 56.2 Å². The predicted octanol–water partition coefficient (Wildman–Crippen LogP) is 3.35. The van der Waals surface area contributed by atoms with Crippen molar-refractivity contribution in [3.05, 3.63) is 168 Å². The number of hydrogen-bond donors (Lipinski definition) is 0. The van der Waals surface area contributed by atoms with E-state index >= 15 is 0 Å². The van der Waals surface area contributed by atoms with Crippen LogP contribution in [-0.2, 0) is 6.54 Å². The third-order valence-corrected chi connectivity index (χ3v) is 7.59. The SMILES string of the molecule is C1=C(c2ccccc2)C=C(c2ccccc2)N2CC[n+]3c(cc(-c4ccccc4)cc3-c3ccccc3)C=C12.[O-][Cl+3]([O-])([O-])[O-]. The van der Waals surface area contributed by atoms with E-state index in [4.69, 9.17) is 18.6 Å². The zero-order chi connectivity index (χ0) is 30.5. The number of aromatic nitrogens is 1. The largest absolute Gasteiger partial charge is 0.334 e. The number of allylic oxidation sites excluding steroid dienone is 3. The van der Waals surface area contributed by atoms with Crippen molar-refractivity contribution < 1.29 is 33.4 Å². The van der Waals surface area contributed by atoms with Gasteiger partial charge in [-0.25, -0.2) is 18.6 Å².